The number of carbonyl (C=O) groups excluding carboxylic acids is 2. The van der Waals surface area contributed by atoms with Gasteiger partial charge in [-0.2, -0.15) is 0 Å². The molecule has 6 nitrogen and oxygen atoms in total. The zero-order valence-corrected chi connectivity index (χ0v) is 16.3. The van der Waals surface area contributed by atoms with Gasteiger partial charge in [0.25, 0.3) is 0 Å². The number of pyridine rings is 1. The minimum atomic E-state index is -0.185. The Morgan fingerprint density at radius 1 is 1.11 bits per heavy atom. The molecule has 3 aromatic rings. The Morgan fingerprint density at radius 3 is 2.67 bits per heavy atom. The summed E-state index contributed by atoms with van der Waals surface area (Å²) < 4.78 is 0. The van der Waals surface area contributed by atoms with Crippen LogP contribution in [0.5, 0.6) is 0 Å². The highest BCUT2D eigenvalue weighted by atomic mass is 32.2. The average Bonchev–Trinajstić information content (AvgIpc) is 3.11. The fourth-order valence-corrected chi connectivity index (χ4v) is 3.64. The molecule has 27 heavy (non-hydrogen) atoms. The number of thioether (sulfide) groups is 1. The molecular formula is C19H18N4O2S2. The van der Waals surface area contributed by atoms with Crippen LogP contribution in [0.2, 0.25) is 0 Å². The molecule has 2 N–H and O–H groups in total. The number of thiazole rings is 1. The van der Waals surface area contributed by atoms with Crippen LogP contribution in [-0.4, -0.2) is 33.3 Å². The van der Waals surface area contributed by atoms with E-state index in [4.69, 9.17) is 0 Å². The summed E-state index contributed by atoms with van der Waals surface area (Å²) in [5.74, 6) is 0.0744. The Labute approximate surface area is 165 Å². The summed E-state index contributed by atoms with van der Waals surface area (Å²) in [5.41, 5.74) is 3.51. The van der Waals surface area contributed by atoms with Crippen molar-refractivity contribution < 1.29 is 9.59 Å². The van der Waals surface area contributed by atoms with Gasteiger partial charge in [0, 0.05) is 29.0 Å². The van der Waals surface area contributed by atoms with Gasteiger partial charge in [-0.25, -0.2) is 4.98 Å². The number of nitrogens with one attached hydrogen (secondary N) is 2. The normalized spacial score (nSPS) is 10.4. The van der Waals surface area contributed by atoms with Gasteiger partial charge >= 0.3 is 0 Å². The Hall–Kier alpha value is -2.71. The second-order valence-electron chi connectivity index (χ2n) is 5.74. The van der Waals surface area contributed by atoms with E-state index in [0.29, 0.717) is 5.13 Å². The predicted molar refractivity (Wildman–Crippen MR) is 111 cm³/mol. The lowest BCUT2D eigenvalue weighted by Crippen LogP contribution is -2.18. The average molecular weight is 399 g/mol. The molecule has 138 valence electrons. The van der Waals surface area contributed by atoms with Crippen LogP contribution in [-0.2, 0) is 9.59 Å². The molecule has 0 saturated carbocycles. The summed E-state index contributed by atoms with van der Waals surface area (Å²) in [5, 5.41) is 7.98. The van der Waals surface area contributed by atoms with Crippen LogP contribution in [0.15, 0.2) is 54.2 Å². The molecule has 0 bridgehead atoms. The fraction of sp³-hybridized carbons (Fsp3) is 0.158. The fourth-order valence-electron chi connectivity index (χ4n) is 2.29. The number of aromatic nitrogens is 2. The number of benzene rings is 1. The highest BCUT2D eigenvalue weighted by molar-refractivity contribution is 8.00. The van der Waals surface area contributed by atoms with E-state index in [1.165, 1.54) is 23.1 Å². The Balaban J connectivity index is 1.42. The molecule has 2 aromatic heterocycles. The number of rotatable bonds is 7. The molecule has 0 atom stereocenters. The molecular weight excluding hydrogens is 380 g/mol. The molecule has 1 aromatic carbocycles. The number of amides is 2. The van der Waals surface area contributed by atoms with E-state index in [0.717, 1.165) is 22.5 Å². The van der Waals surface area contributed by atoms with Crippen LogP contribution < -0.4 is 10.6 Å². The van der Waals surface area contributed by atoms with Gasteiger partial charge in [-0.15, -0.1) is 23.1 Å². The summed E-state index contributed by atoms with van der Waals surface area (Å²) in [4.78, 5) is 32.4. The first-order valence-corrected chi connectivity index (χ1v) is 10.2. The van der Waals surface area contributed by atoms with Crippen LogP contribution >= 0.6 is 23.1 Å². The van der Waals surface area contributed by atoms with E-state index < -0.39 is 0 Å². The quantitative estimate of drug-likeness (QED) is 0.632. The number of carbonyl (C=O) groups is 2. The highest BCUT2D eigenvalue weighted by Crippen LogP contribution is 2.24. The largest absolute Gasteiger partial charge is 0.325 e. The summed E-state index contributed by atoms with van der Waals surface area (Å²) in [6.45, 7) is 1.97. The molecule has 0 spiro atoms. The number of hydrogen-bond donors (Lipinski definition) is 2. The van der Waals surface area contributed by atoms with Gasteiger partial charge in [0.15, 0.2) is 5.13 Å². The van der Waals surface area contributed by atoms with Crippen LogP contribution in [0.25, 0.3) is 11.3 Å². The Morgan fingerprint density at radius 2 is 1.93 bits per heavy atom. The Bertz CT molecular complexity index is 928. The zero-order valence-electron chi connectivity index (χ0n) is 14.6. The minimum absolute atomic E-state index is 0.133. The van der Waals surface area contributed by atoms with Crippen molar-refractivity contribution in [1.82, 2.24) is 9.97 Å². The highest BCUT2D eigenvalue weighted by Gasteiger charge is 2.10. The van der Waals surface area contributed by atoms with Crippen LogP contribution in [0.4, 0.5) is 10.8 Å². The van der Waals surface area contributed by atoms with Gasteiger partial charge in [0.2, 0.25) is 11.8 Å². The molecule has 0 saturated heterocycles. The lowest BCUT2D eigenvalue weighted by molar-refractivity contribution is -0.114. The molecule has 0 fully saturated rings. The number of aryl methyl sites for hydroxylation is 1. The van der Waals surface area contributed by atoms with E-state index >= 15 is 0 Å². The lowest BCUT2D eigenvalue weighted by atomic mass is 10.2. The second kappa shape index (κ2) is 9.29. The number of anilines is 2. The molecule has 2 heterocycles. The summed E-state index contributed by atoms with van der Waals surface area (Å²) in [7, 11) is 0. The standard InChI is InChI=1S/C19H18N4O2S2/c1-13-4-2-6-15(8-13)21-17(24)11-26-12-18(25)23-19-22-16(10-27-19)14-5-3-7-20-9-14/h2-10H,11-12H2,1H3,(H,21,24)(H,22,23,25). The maximum Gasteiger partial charge on any atom is 0.236 e. The van der Waals surface area contributed by atoms with Gasteiger partial charge in [0.05, 0.1) is 17.2 Å². The summed E-state index contributed by atoms with van der Waals surface area (Å²) in [6, 6.07) is 11.3. The van der Waals surface area contributed by atoms with Crippen LogP contribution in [0, 0.1) is 6.92 Å². The molecule has 0 radical (unpaired) electrons. The van der Waals surface area contributed by atoms with Gasteiger partial charge < -0.3 is 10.6 Å². The van der Waals surface area contributed by atoms with Crippen LogP contribution in [0.3, 0.4) is 0 Å². The zero-order chi connectivity index (χ0) is 19.1. The lowest BCUT2D eigenvalue weighted by Gasteiger charge is -2.06. The van der Waals surface area contributed by atoms with Crippen molar-refractivity contribution >= 4 is 45.7 Å². The van der Waals surface area contributed by atoms with Gasteiger partial charge in [0.1, 0.15) is 0 Å². The molecule has 3 rings (SSSR count). The van der Waals surface area contributed by atoms with Crippen LogP contribution in [0.1, 0.15) is 5.56 Å². The minimum Gasteiger partial charge on any atom is -0.325 e. The van der Waals surface area contributed by atoms with Crippen molar-refractivity contribution in [3.63, 3.8) is 0 Å². The van der Waals surface area contributed by atoms with Crippen molar-refractivity contribution in [3.05, 3.63) is 59.7 Å². The first kappa shape index (κ1) is 19.1. The smallest absolute Gasteiger partial charge is 0.236 e. The van der Waals surface area contributed by atoms with Gasteiger partial charge in [-0.05, 0) is 36.8 Å². The van der Waals surface area contributed by atoms with Gasteiger partial charge in [-0.1, -0.05) is 12.1 Å². The van der Waals surface area contributed by atoms with E-state index in [2.05, 4.69) is 20.6 Å². The first-order chi connectivity index (χ1) is 13.1. The van der Waals surface area contributed by atoms with E-state index in [-0.39, 0.29) is 23.3 Å². The molecule has 0 aliphatic heterocycles. The maximum absolute atomic E-state index is 12.0. The first-order valence-electron chi connectivity index (χ1n) is 8.20. The molecule has 8 heteroatoms. The summed E-state index contributed by atoms with van der Waals surface area (Å²) in [6.07, 6.45) is 3.42. The third-order valence-corrected chi connectivity index (χ3v) is 5.17. The summed E-state index contributed by atoms with van der Waals surface area (Å²) >= 11 is 2.61. The molecule has 0 aliphatic carbocycles. The van der Waals surface area contributed by atoms with Gasteiger partial charge in [-0.3, -0.25) is 14.6 Å². The van der Waals surface area contributed by atoms with Crippen molar-refractivity contribution in [1.29, 1.82) is 0 Å². The van der Waals surface area contributed by atoms with E-state index in [1.807, 2.05) is 48.7 Å². The Kier molecular flexibility index (Phi) is 6.56. The van der Waals surface area contributed by atoms with Crippen molar-refractivity contribution in [2.45, 2.75) is 6.92 Å². The molecule has 2 amide bonds. The third kappa shape index (κ3) is 5.90. The topological polar surface area (TPSA) is 84.0 Å². The second-order valence-corrected chi connectivity index (χ2v) is 7.58. The SMILES string of the molecule is Cc1cccc(NC(=O)CSCC(=O)Nc2nc(-c3cccnc3)cs2)c1. The maximum atomic E-state index is 12.0. The predicted octanol–water partition coefficient (Wildman–Crippen LogP) is 3.82. The molecule has 0 aliphatic rings. The third-order valence-electron chi connectivity index (χ3n) is 3.48. The number of nitrogens with zero attached hydrogens (tertiary/aromatic N) is 2. The molecule has 0 unspecified atom stereocenters. The number of hydrogen-bond acceptors (Lipinski definition) is 6. The van der Waals surface area contributed by atoms with Crippen molar-refractivity contribution in [2.24, 2.45) is 0 Å². The van der Waals surface area contributed by atoms with Crippen molar-refractivity contribution in [3.8, 4) is 11.3 Å². The van der Waals surface area contributed by atoms with Crippen molar-refractivity contribution in [2.75, 3.05) is 22.1 Å². The monoisotopic (exact) mass is 398 g/mol. The van der Waals surface area contributed by atoms with E-state index in [1.54, 1.807) is 12.4 Å². The van der Waals surface area contributed by atoms with E-state index in [9.17, 15) is 9.59 Å².